The number of rotatable bonds is 36. The van der Waals surface area contributed by atoms with E-state index < -0.39 is 139 Å². The zero-order valence-electron chi connectivity index (χ0n) is 38.3. The average molecular weight is 974 g/mol. The lowest BCUT2D eigenvalue weighted by Crippen LogP contribution is -2.61. The van der Waals surface area contributed by atoms with Crippen molar-refractivity contribution in [1.29, 1.82) is 0 Å². The lowest BCUT2D eigenvalue weighted by Gasteiger charge is -2.28. The van der Waals surface area contributed by atoms with Crippen LogP contribution in [0.5, 0.6) is 0 Å². The molecule has 0 aromatic heterocycles. The molecule has 0 saturated carbocycles. The van der Waals surface area contributed by atoms with Crippen molar-refractivity contribution in [3.63, 3.8) is 0 Å². The molecule has 29 heteroatoms. The normalized spacial score (nSPS) is 14.5. The van der Waals surface area contributed by atoms with Gasteiger partial charge in [0.15, 0.2) is 5.96 Å². The molecule has 386 valence electrons. The number of nitrogens with zero attached hydrogens (tertiary/aromatic N) is 1. The van der Waals surface area contributed by atoms with Gasteiger partial charge in [-0.2, -0.15) is 0 Å². The van der Waals surface area contributed by atoms with Crippen LogP contribution >= 0.6 is 0 Å². The molecule has 0 bridgehead atoms. The quantitative estimate of drug-likeness (QED) is 0.0157. The van der Waals surface area contributed by atoms with Crippen molar-refractivity contribution in [2.75, 3.05) is 26.2 Å². The number of carboxylic acid groups (broad SMARTS) is 2. The molecule has 0 saturated heterocycles. The van der Waals surface area contributed by atoms with Gasteiger partial charge in [0.25, 0.3) is 0 Å². The molecule has 0 spiro atoms. The van der Waals surface area contributed by atoms with Gasteiger partial charge in [0, 0.05) is 6.54 Å². The number of unbranched alkanes of at least 4 members (excludes halogenated alkanes) is 2. The number of aliphatic hydroxyl groups is 1. The molecule has 0 radical (unpaired) electrons. The Morgan fingerprint density at radius 1 is 0.485 bits per heavy atom. The predicted octanol–water partition coefficient (Wildman–Crippen LogP) is -7.63. The fourth-order valence-corrected chi connectivity index (χ4v) is 6.19. The van der Waals surface area contributed by atoms with Gasteiger partial charge in [0.2, 0.25) is 53.2 Å². The van der Waals surface area contributed by atoms with Gasteiger partial charge in [0.05, 0.1) is 25.9 Å². The highest BCUT2D eigenvalue weighted by atomic mass is 16.4. The standard InChI is InChI=1S/C39H71N15O14/c1-19(2)14-24(35(64)50-22(9-4-6-12-41)34(63)54-27(38(67)68)16-29(44)57)51-36(65)25(15-28(43)56)52-37(66)26(17-30(58)59)53-33(62)21(8-3-5-11-40)49-32(61)23(10-7-13-47-39(45)46)48-31(60)20(42)18-55/h19-27,55H,3-18,40-42H2,1-2H3,(H2,43,56)(H2,44,57)(H,48,60)(H,49,61)(H,50,64)(H,51,65)(H,52,66)(H,53,62)(H,54,63)(H,58,59)(H,67,68)(H4,45,46,47)/t20-,21-,22-,23-,24-,25-,26-,27-/m0/s1. The van der Waals surface area contributed by atoms with Gasteiger partial charge in [-0.15, -0.1) is 0 Å². The molecule has 8 atom stereocenters. The maximum absolute atomic E-state index is 13.8. The largest absolute Gasteiger partial charge is 0.481 e. The van der Waals surface area contributed by atoms with E-state index in [1.165, 1.54) is 0 Å². The lowest BCUT2D eigenvalue weighted by atomic mass is 10.0. The van der Waals surface area contributed by atoms with E-state index in [4.69, 9.17) is 40.1 Å². The highest BCUT2D eigenvalue weighted by Crippen LogP contribution is 2.11. The van der Waals surface area contributed by atoms with Crippen molar-refractivity contribution in [2.45, 2.75) is 139 Å². The molecule has 0 aromatic carbocycles. The van der Waals surface area contributed by atoms with Gasteiger partial charge in [0.1, 0.15) is 48.3 Å². The zero-order chi connectivity index (χ0) is 52.1. The Labute approximate surface area is 392 Å². The summed E-state index contributed by atoms with van der Waals surface area (Å²) in [6, 6.07) is -12.8. The van der Waals surface area contributed by atoms with Crippen LogP contribution in [0.4, 0.5) is 0 Å². The molecule has 0 aliphatic carbocycles. The van der Waals surface area contributed by atoms with Crippen LogP contribution in [0.15, 0.2) is 4.99 Å². The number of carbonyl (C=O) groups excluding carboxylic acids is 9. The maximum Gasteiger partial charge on any atom is 0.326 e. The monoisotopic (exact) mass is 974 g/mol. The molecule has 0 heterocycles. The summed E-state index contributed by atoms with van der Waals surface area (Å²) in [5.41, 5.74) is 38.0. The van der Waals surface area contributed by atoms with Crippen molar-refractivity contribution < 1.29 is 68.1 Å². The Bertz CT molecular complexity index is 1760. The first-order chi connectivity index (χ1) is 31.9. The van der Waals surface area contributed by atoms with Gasteiger partial charge >= 0.3 is 11.9 Å². The van der Waals surface area contributed by atoms with Gasteiger partial charge in [-0.3, -0.25) is 52.9 Å². The van der Waals surface area contributed by atoms with Crippen LogP contribution in [0.3, 0.4) is 0 Å². The summed E-state index contributed by atoms with van der Waals surface area (Å²) in [4.78, 5) is 146. The van der Waals surface area contributed by atoms with Crippen LogP contribution in [-0.4, -0.2) is 161 Å². The van der Waals surface area contributed by atoms with Crippen LogP contribution in [0.25, 0.3) is 0 Å². The number of aliphatic carboxylic acids is 2. The van der Waals surface area contributed by atoms with Crippen LogP contribution in [0.2, 0.25) is 0 Å². The molecule has 0 aliphatic rings. The summed E-state index contributed by atoms with van der Waals surface area (Å²) in [5, 5.41) is 44.8. The van der Waals surface area contributed by atoms with E-state index in [1.807, 2.05) is 0 Å². The molecule has 0 rings (SSSR count). The molecule has 0 unspecified atom stereocenters. The minimum atomic E-state index is -1.97. The summed E-state index contributed by atoms with van der Waals surface area (Å²) in [6.45, 7) is 2.99. The molecule has 68 heavy (non-hydrogen) atoms. The first-order valence-corrected chi connectivity index (χ1v) is 21.8. The number of amides is 9. The Morgan fingerprint density at radius 2 is 0.838 bits per heavy atom. The minimum Gasteiger partial charge on any atom is -0.481 e. The summed E-state index contributed by atoms with van der Waals surface area (Å²) >= 11 is 0. The first kappa shape index (κ1) is 61.3. The predicted molar refractivity (Wildman–Crippen MR) is 241 cm³/mol. The summed E-state index contributed by atoms with van der Waals surface area (Å²) in [7, 11) is 0. The number of primary amides is 2. The van der Waals surface area contributed by atoms with Crippen molar-refractivity contribution in [3.8, 4) is 0 Å². The molecular weight excluding hydrogens is 903 g/mol. The fourth-order valence-electron chi connectivity index (χ4n) is 6.19. The van der Waals surface area contributed by atoms with E-state index in [9.17, 15) is 68.1 Å². The third kappa shape index (κ3) is 25.8. The summed E-state index contributed by atoms with van der Waals surface area (Å²) in [6.07, 6.45) is -1.76. The highest BCUT2D eigenvalue weighted by molar-refractivity contribution is 5.99. The second-order valence-corrected chi connectivity index (χ2v) is 16.1. The van der Waals surface area contributed by atoms with E-state index in [0.29, 0.717) is 12.8 Å². The van der Waals surface area contributed by atoms with Gasteiger partial charge in [-0.1, -0.05) is 13.8 Å². The lowest BCUT2D eigenvalue weighted by molar-refractivity contribution is -0.144. The molecule has 0 fully saturated rings. The van der Waals surface area contributed by atoms with Crippen LogP contribution < -0.4 is 77.4 Å². The van der Waals surface area contributed by atoms with Crippen LogP contribution in [-0.2, 0) is 52.7 Å². The number of hydrogen-bond acceptors (Lipinski definition) is 16. The van der Waals surface area contributed by atoms with Crippen molar-refractivity contribution in [2.24, 2.45) is 51.0 Å². The number of aliphatic hydroxyl groups excluding tert-OH is 1. The highest BCUT2D eigenvalue weighted by Gasteiger charge is 2.36. The van der Waals surface area contributed by atoms with Crippen molar-refractivity contribution in [1.82, 2.24) is 37.2 Å². The topological polar surface area (TPSA) is 527 Å². The van der Waals surface area contributed by atoms with E-state index in [-0.39, 0.29) is 76.5 Å². The third-order valence-electron chi connectivity index (χ3n) is 9.68. The Kier molecular flexibility index (Phi) is 29.6. The molecule has 29 nitrogen and oxygen atoms in total. The number of aliphatic imine (C=N–C) groups is 1. The van der Waals surface area contributed by atoms with Gasteiger partial charge in [-0.05, 0) is 76.8 Å². The van der Waals surface area contributed by atoms with Gasteiger partial charge < -0.3 is 92.7 Å². The molecular formula is C39H71N15O14. The number of nitrogens with one attached hydrogen (secondary N) is 7. The first-order valence-electron chi connectivity index (χ1n) is 21.8. The minimum absolute atomic E-state index is 0.0347. The van der Waals surface area contributed by atoms with E-state index >= 15 is 0 Å². The third-order valence-corrected chi connectivity index (χ3v) is 9.68. The number of guanidine groups is 1. The molecule has 0 aliphatic heterocycles. The number of hydrogen-bond donors (Lipinski definition) is 17. The van der Waals surface area contributed by atoms with E-state index in [2.05, 4.69) is 42.2 Å². The molecule has 9 amide bonds. The smallest absolute Gasteiger partial charge is 0.326 e. The Hall–Kier alpha value is -6.72. The summed E-state index contributed by atoms with van der Waals surface area (Å²) in [5.74, 6) is -13.3. The SMILES string of the molecule is CC(C)C[C@H](NC(=O)[C@H](CC(N)=O)NC(=O)[C@H](CC(=O)O)NC(=O)[C@H](CCCCN)NC(=O)[C@H](CCCN=C(N)N)NC(=O)[C@@H](N)CO)C(=O)N[C@@H](CCCCN)C(=O)N[C@@H](CC(N)=O)C(=O)O. The van der Waals surface area contributed by atoms with Gasteiger partial charge in [-0.25, -0.2) is 4.79 Å². The second kappa shape index (κ2) is 32.9. The zero-order valence-corrected chi connectivity index (χ0v) is 38.3. The Morgan fingerprint density at radius 3 is 1.22 bits per heavy atom. The van der Waals surface area contributed by atoms with E-state index in [0.717, 1.165) is 0 Å². The number of carbonyl (C=O) groups is 11. The van der Waals surface area contributed by atoms with Crippen LogP contribution in [0, 0.1) is 5.92 Å². The Balaban J connectivity index is 6.64. The number of nitrogens with two attached hydrogens (primary N) is 7. The molecule has 24 N–H and O–H groups in total. The maximum atomic E-state index is 13.8. The number of carboxylic acids is 2. The fraction of sp³-hybridized carbons (Fsp3) is 0.692. The average Bonchev–Trinajstić information content (AvgIpc) is 3.24. The molecule has 0 aromatic rings. The summed E-state index contributed by atoms with van der Waals surface area (Å²) < 4.78 is 0. The van der Waals surface area contributed by atoms with Crippen LogP contribution in [0.1, 0.15) is 90.9 Å². The van der Waals surface area contributed by atoms with Crippen molar-refractivity contribution in [3.05, 3.63) is 0 Å². The van der Waals surface area contributed by atoms with E-state index in [1.54, 1.807) is 13.8 Å². The second-order valence-electron chi connectivity index (χ2n) is 16.1. The van der Waals surface area contributed by atoms with Crippen molar-refractivity contribution >= 4 is 71.1 Å².